The molecule has 0 aliphatic heterocycles. The van der Waals surface area contributed by atoms with Crippen molar-refractivity contribution in [2.75, 3.05) is 5.32 Å². The fraction of sp³-hybridized carbons (Fsp3) is 0.0278. The monoisotopic (exact) mass is 484 g/mol. The van der Waals surface area contributed by atoms with Gasteiger partial charge in [0.15, 0.2) is 0 Å². The van der Waals surface area contributed by atoms with Gasteiger partial charge >= 0.3 is 0 Å². The van der Waals surface area contributed by atoms with Gasteiger partial charge in [-0.1, -0.05) is 115 Å². The van der Waals surface area contributed by atoms with Crippen molar-refractivity contribution < 1.29 is 0 Å². The second-order valence-electron chi connectivity index (χ2n) is 10.0. The quantitative estimate of drug-likeness (QED) is 0.253. The molecular weight excluding hydrogens is 460 g/mol. The first-order valence-corrected chi connectivity index (χ1v) is 13.1. The predicted molar refractivity (Wildman–Crippen MR) is 163 cm³/mol. The molecule has 1 aromatic heterocycles. The maximum absolute atomic E-state index is 5.21. The molecule has 2 heteroatoms. The molecule has 0 unspecified atom stereocenters. The highest BCUT2D eigenvalue weighted by Gasteiger charge is 2.15. The van der Waals surface area contributed by atoms with Gasteiger partial charge in [0.05, 0.1) is 5.52 Å². The fourth-order valence-corrected chi connectivity index (χ4v) is 6.09. The molecule has 0 bridgehead atoms. The molecule has 0 radical (unpaired) electrons. The van der Waals surface area contributed by atoms with Crippen LogP contribution in [0.4, 0.5) is 5.82 Å². The molecule has 0 spiro atoms. The smallest absolute Gasteiger partial charge is 0.126 e. The molecule has 178 valence electrons. The zero-order chi connectivity index (χ0) is 25.1. The Morgan fingerprint density at radius 2 is 0.947 bits per heavy atom. The lowest BCUT2D eigenvalue weighted by Crippen LogP contribution is -2.01. The summed E-state index contributed by atoms with van der Waals surface area (Å²) < 4.78 is 0. The third kappa shape index (κ3) is 3.17. The van der Waals surface area contributed by atoms with Gasteiger partial charge in [-0.3, -0.25) is 0 Å². The normalized spacial score (nSPS) is 11.8. The van der Waals surface area contributed by atoms with Crippen LogP contribution in [0, 0.1) is 0 Å². The summed E-state index contributed by atoms with van der Waals surface area (Å²) in [6.45, 7) is 0.740. The highest BCUT2D eigenvalue weighted by Crippen LogP contribution is 2.42. The van der Waals surface area contributed by atoms with Crippen molar-refractivity contribution >= 4 is 70.6 Å². The molecule has 0 fully saturated rings. The lowest BCUT2D eigenvalue weighted by molar-refractivity contribution is 1.12. The standard InChI is InChI=1S/C36H24N2/c1-2-8-23(9-3-1)22-37-32-21-19-26-17-16-25-15-14-24-18-20-31-29-12-5-4-10-27(29)28-11-6-7-13-30(28)35(31)33(24)34(25)36(26)38-32/h1-21H,22H2,(H,37,38). The van der Waals surface area contributed by atoms with E-state index >= 15 is 0 Å². The third-order valence-electron chi connectivity index (χ3n) is 7.84. The predicted octanol–water partition coefficient (Wildman–Crippen LogP) is 9.61. The Kier molecular flexibility index (Phi) is 4.62. The van der Waals surface area contributed by atoms with Crippen LogP contribution in [0.25, 0.3) is 64.8 Å². The van der Waals surface area contributed by atoms with Crippen molar-refractivity contribution in [3.63, 3.8) is 0 Å². The highest BCUT2D eigenvalue weighted by molar-refractivity contribution is 6.37. The second kappa shape index (κ2) is 8.29. The van der Waals surface area contributed by atoms with Gasteiger partial charge < -0.3 is 5.32 Å². The number of hydrogen-bond acceptors (Lipinski definition) is 2. The number of hydrogen-bond donors (Lipinski definition) is 1. The van der Waals surface area contributed by atoms with Crippen molar-refractivity contribution in [2.24, 2.45) is 0 Å². The van der Waals surface area contributed by atoms with Gasteiger partial charge in [-0.25, -0.2) is 4.98 Å². The summed E-state index contributed by atoms with van der Waals surface area (Å²) in [5, 5.41) is 17.4. The average molecular weight is 485 g/mol. The lowest BCUT2D eigenvalue weighted by atomic mass is 9.88. The number of anilines is 1. The van der Waals surface area contributed by atoms with Crippen LogP contribution in [0.5, 0.6) is 0 Å². The van der Waals surface area contributed by atoms with Crippen molar-refractivity contribution in [1.82, 2.24) is 4.98 Å². The van der Waals surface area contributed by atoms with E-state index in [1.165, 1.54) is 59.4 Å². The molecule has 1 heterocycles. The minimum Gasteiger partial charge on any atom is -0.366 e. The summed E-state index contributed by atoms with van der Waals surface area (Å²) in [5.41, 5.74) is 2.28. The molecular formula is C36H24N2. The number of rotatable bonds is 3. The summed E-state index contributed by atoms with van der Waals surface area (Å²) in [4.78, 5) is 5.21. The maximum Gasteiger partial charge on any atom is 0.126 e. The Bertz CT molecular complexity index is 2140. The fourth-order valence-electron chi connectivity index (χ4n) is 6.09. The molecule has 0 amide bonds. The Balaban J connectivity index is 1.50. The molecule has 0 saturated heterocycles. The van der Waals surface area contributed by atoms with Crippen LogP contribution < -0.4 is 5.32 Å². The van der Waals surface area contributed by atoms with E-state index in [-0.39, 0.29) is 0 Å². The number of benzene rings is 7. The largest absolute Gasteiger partial charge is 0.366 e. The molecule has 38 heavy (non-hydrogen) atoms. The molecule has 8 aromatic rings. The van der Waals surface area contributed by atoms with Gasteiger partial charge in [0.1, 0.15) is 5.82 Å². The van der Waals surface area contributed by atoms with Gasteiger partial charge in [-0.2, -0.15) is 0 Å². The Morgan fingerprint density at radius 1 is 0.421 bits per heavy atom. The number of nitrogens with zero attached hydrogens (tertiary/aromatic N) is 1. The molecule has 2 nitrogen and oxygen atoms in total. The van der Waals surface area contributed by atoms with E-state index in [0.717, 1.165) is 23.3 Å². The van der Waals surface area contributed by atoms with E-state index in [0.29, 0.717) is 0 Å². The van der Waals surface area contributed by atoms with Gasteiger partial charge in [0, 0.05) is 22.7 Å². The number of fused-ring (bicyclic) bond motifs is 12. The van der Waals surface area contributed by atoms with E-state index in [1.54, 1.807) is 0 Å². The summed E-state index contributed by atoms with van der Waals surface area (Å²) in [5.74, 6) is 0.890. The van der Waals surface area contributed by atoms with Gasteiger partial charge in [-0.15, -0.1) is 0 Å². The minimum atomic E-state index is 0.740. The van der Waals surface area contributed by atoms with Crippen LogP contribution in [0.3, 0.4) is 0 Å². The first-order valence-electron chi connectivity index (χ1n) is 13.1. The van der Waals surface area contributed by atoms with E-state index in [4.69, 9.17) is 4.98 Å². The van der Waals surface area contributed by atoms with Gasteiger partial charge in [0.2, 0.25) is 0 Å². The topological polar surface area (TPSA) is 24.9 Å². The average Bonchev–Trinajstić information content (AvgIpc) is 2.99. The lowest BCUT2D eigenvalue weighted by Gasteiger charge is -2.15. The first-order chi connectivity index (χ1) is 18.8. The minimum absolute atomic E-state index is 0.740. The summed E-state index contributed by atoms with van der Waals surface area (Å²) in [6, 6.07) is 45.8. The van der Waals surface area contributed by atoms with Crippen molar-refractivity contribution in [3.8, 4) is 0 Å². The highest BCUT2D eigenvalue weighted by atomic mass is 15.0. The van der Waals surface area contributed by atoms with Crippen LogP contribution in [0.2, 0.25) is 0 Å². The van der Waals surface area contributed by atoms with Crippen LogP contribution in [0.15, 0.2) is 127 Å². The van der Waals surface area contributed by atoms with Crippen molar-refractivity contribution in [2.45, 2.75) is 6.54 Å². The summed E-state index contributed by atoms with van der Waals surface area (Å²) in [6.07, 6.45) is 0. The molecule has 0 saturated carbocycles. The second-order valence-corrected chi connectivity index (χ2v) is 10.0. The number of nitrogens with one attached hydrogen (secondary N) is 1. The zero-order valence-corrected chi connectivity index (χ0v) is 20.8. The molecule has 1 N–H and O–H groups in total. The van der Waals surface area contributed by atoms with E-state index in [2.05, 4.69) is 127 Å². The third-order valence-corrected chi connectivity index (χ3v) is 7.84. The van der Waals surface area contributed by atoms with Crippen LogP contribution in [-0.4, -0.2) is 4.98 Å². The van der Waals surface area contributed by atoms with Crippen LogP contribution in [-0.2, 0) is 6.54 Å². The van der Waals surface area contributed by atoms with Gasteiger partial charge in [-0.05, 0) is 60.8 Å². The number of pyridine rings is 1. The van der Waals surface area contributed by atoms with E-state index in [1.807, 2.05) is 6.07 Å². The van der Waals surface area contributed by atoms with Crippen molar-refractivity contribution in [3.05, 3.63) is 133 Å². The van der Waals surface area contributed by atoms with Crippen LogP contribution >= 0.6 is 0 Å². The Hall–Kier alpha value is -4.95. The molecule has 0 aliphatic carbocycles. The van der Waals surface area contributed by atoms with Crippen LogP contribution in [0.1, 0.15) is 5.56 Å². The summed E-state index contributed by atoms with van der Waals surface area (Å²) >= 11 is 0. The van der Waals surface area contributed by atoms with E-state index < -0.39 is 0 Å². The molecule has 7 aromatic carbocycles. The Morgan fingerprint density at radius 3 is 1.68 bits per heavy atom. The molecule has 8 rings (SSSR count). The van der Waals surface area contributed by atoms with Gasteiger partial charge in [0.25, 0.3) is 0 Å². The molecule has 0 aliphatic rings. The number of aromatic nitrogens is 1. The first kappa shape index (κ1) is 21.2. The van der Waals surface area contributed by atoms with E-state index in [9.17, 15) is 0 Å². The summed E-state index contributed by atoms with van der Waals surface area (Å²) in [7, 11) is 0. The maximum atomic E-state index is 5.21. The van der Waals surface area contributed by atoms with Crippen molar-refractivity contribution in [1.29, 1.82) is 0 Å². The molecule has 0 atom stereocenters. The Labute approximate surface area is 220 Å². The SMILES string of the molecule is c1ccc(CNc2ccc3ccc4ccc5ccc6c7ccccc7c7ccccc7c6c5c4c3n2)cc1. The zero-order valence-electron chi connectivity index (χ0n) is 20.8.